The Balaban J connectivity index is 1.22. The Hall–Kier alpha value is -2.39. The molecule has 0 radical (unpaired) electrons. The number of piperidine rings is 2. The zero-order valence-electron chi connectivity index (χ0n) is 20.1. The Labute approximate surface area is 218 Å². The zero-order chi connectivity index (χ0) is 24.5. The largest absolute Gasteiger partial charge is 0.392 e. The summed E-state index contributed by atoms with van der Waals surface area (Å²) in [6.45, 7) is 4.04. The van der Waals surface area contributed by atoms with Gasteiger partial charge in [-0.15, -0.1) is 0 Å². The van der Waals surface area contributed by atoms with Gasteiger partial charge in [0.25, 0.3) is 0 Å². The van der Waals surface area contributed by atoms with Gasteiger partial charge in [0.2, 0.25) is 0 Å². The van der Waals surface area contributed by atoms with E-state index in [0.717, 1.165) is 63.3 Å². The molecule has 6 nitrogen and oxygen atoms in total. The van der Waals surface area contributed by atoms with Crippen LogP contribution in [-0.4, -0.2) is 64.4 Å². The summed E-state index contributed by atoms with van der Waals surface area (Å²) < 4.78 is 0. The Kier molecular flexibility index (Phi) is 9.59. The fourth-order valence-corrected chi connectivity index (χ4v) is 5.64. The first-order chi connectivity index (χ1) is 17.1. The average molecular weight is 510 g/mol. The molecule has 0 saturated carbocycles. The third kappa shape index (κ3) is 8.07. The lowest BCUT2D eigenvalue weighted by Crippen LogP contribution is -2.49. The molecule has 3 aliphatic rings. The van der Waals surface area contributed by atoms with Crippen molar-refractivity contribution >= 4 is 45.6 Å². The Morgan fingerprint density at radius 1 is 1.06 bits per heavy atom. The second-order valence-corrected chi connectivity index (χ2v) is 10.5. The highest BCUT2D eigenvalue weighted by molar-refractivity contribution is 8.14. The lowest BCUT2D eigenvalue weighted by Gasteiger charge is -2.42. The van der Waals surface area contributed by atoms with Crippen molar-refractivity contribution in [2.45, 2.75) is 37.8 Å². The van der Waals surface area contributed by atoms with Crippen LogP contribution >= 0.6 is 24.0 Å². The van der Waals surface area contributed by atoms with E-state index in [-0.39, 0.29) is 6.10 Å². The van der Waals surface area contributed by atoms with Gasteiger partial charge in [0.1, 0.15) is 0 Å². The van der Waals surface area contributed by atoms with Gasteiger partial charge >= 0.3 is 0 Å². The molecule has 0 aromatic heterocycles. The molecule has 0 spiro atoms. The number of nitrogens with one attached hydrogen (secondary N) is 1. The number of rotatable bonds is 5. The number of β-amino-alcohol motifs (C(OH)–C–C–N with tert-alkyl or cyclic N) is 1. The predicted molar refractivity (Wildman–Crippen MR) is 154 cm³/mol. The van der Waals surface area contributed by atoms with E-state index in [9.17, 15) is 5.11 Å². The van der Waals surface area contributed by atoms with Crippen LogP contribution < -0.4 is 16.0 Å². The maximum Gasteiger partial charge on any atom is 0.199 e. The maximum atomic E-state index is 9.98. The highest BCUT2D eigenvalue weighted by atomic mass is 32.2. The first-order valence-electron chi connectivity index (χ1n) is 12.3. The number of benzene rings is 1. The highest BCUT2D eigenvalue weighted by Gasteiger charge is 2.28. The van der Waals surface area contributed by atoms with Gasteiger partial charge in [-0.3, -0.25) is 4.90 Å². The van der Waals surface area contributed by atoms with Gasteiger partial charge in [-0.1, -0.05) is 54.3 Å². The number of aliphatic hydroxyl groups excluding tert-OH is 1. The van der Waals surface area contributed by atoms with E-state index in [1.54, 1.807) is 0 Å². The number of thiocarbonyl (C=S) groups is 1. The molecule has 4 rings (SSSR count). The highest BCUT2D eigenvalue weighted by Crippen LogP contribution is 2.26. The van der Waals surface area contributed by atoms with Crippen molar-refractivity contribution in [3.63, 3.8) is 0 Å². The molecule has 0 bridgehead atoms. The summed E-state index contributed by atoms with van der Waals surface area (Å²) in [6, 6.07) is 8.93. The summed E-state index contributed by atoms with van der Waals surface area (Å²) >= 11 is 6.86. The van der Waals surface area contributed by atoms with Gasteiger partial charge in [0.15, 0.2) is 10.3 Å². The minimum atomic E-state index is -0.151. The molecule has 1 aliphatic carbocycles. The second-order valence-electron chi connectivity index (χ2n) is 9.10. The van der Waals surface area contributed by atoms with Crippen LogP contribution in [-0.2, 0) is 0 Å². The molecule has 1 atom stereocenters. The topological polar surface area (TPSA) is 77.1 Å². The summed E-state index contributed by atoms with van der Waals surface area (Å²) in [5, 5.41) is 14.0. The van der Waals surface area contributed by atoms with E-state index in [1.807, 2.05) is 42.5 Å². The van der Waals surface area contributed by atoms with E-state index in [2.05, 4.69) is 44.4 Å². The van der Waals surface area contributed by atoms with Crippen LogP contribution in [0.4, 0.5) is 11.4 Å². The fraction of sp³-hybridized carbons (Fsp3) is 0.407. The summed E-state index contributed by atoms with van der Waals surface area (Å²) in [5.74, 6) is 0.732. The van der Waals surface area contributed by atoms with Crippen LogP contribution in [0.15, 0.2) is 77.4 Å². The number of likely N-dealkylation sites (tertiary alicyclic amines) is 1. The minimum absolute atomic E-state index is 0.151. The molecular weight excluding hydrogens is 474 g/mol. The first-order valence-corrected chi connectivity index (χ1v) is 13.7. The molecule has 8 heteroatoms. The predicted octanol–water partition coefficient (Wildman–Crippen LogP) is 4.47. The molecule has 2 aliphatic heterocycles. The van der Waals surface area contributed by atoms with Crippen molar-refractivity contribution in [1.82, 2.24) is 4.90 Å². The lowest BCUT2D eigenvalue weighted by molar-refractivity contribution is 0.0398. The summed E-state index contributed by atoms with van der Waals surface area (Å²) in [6.07, 6.45) is 18.3. The van der Waals surface area contributed by atoms with E-state index < -0.39 is 0 Å². The van der Waals surface area contributed by atoms with Crippen LogP contribution in [0.2, 0.25) is 0 Å². The molecule has 1 aromatic rings. The van der Waals surface area contributed by atoms with Crippen LogP contribution in [0.1, 0.15) is 25.7 Å². The van der Waals surface area contributed by atoms with Crippen LogP contribution in [0.5, 0.6) is 0 Å². The Bertz CT molecular complexity index is 1010. The second kappa shape index (κ2) is 13.1. The monoisotopic (exact) mass is 509 g/mol. The molecule has 35 heavy (non-hydrogen) atoms. The smallest absolute Gasteiger partial charge is 0.199 e. The van der Waals surface area contributed by atoms with Crippen molar-refractivity contribution in [3.8, 4) is 0 Å². The molecule has 2 saturated heterocycles. The molecule has 186 valence electrons. The third-order valence-corrected chi connectivity index (χ3v) is 7.61. The van der Waals surface area contributed by atoms with Gasteiger partial charge in [0.05, 0.1) is 6.10 Å². The minimum Gasteiger partial charge on any atom is -0.392 e. The van der Waals surface area contributed by atoms with Crippen molar-refractivity contribution in [2.75, 3.05) is 42.1 Å². The number of allylic oxidation sites excluding steroid dienone is 7. The van der Waals surface area contributed by atoms with Crippen molar-refractivity contribution in [1.29, 1.82) is 0 Å². The molecule has 0 amide bonds. The maximum absolute atomic E-state index is 9.98. The van der Waals surface area contributed by atoms with Crippen molar-refractivity contribution < 1.29 is 5.11 Å². The number of thioether (sulfide) groups is 1. The van der Waals surface area contributed by atoms with E-state index >= 15 is 0 Å². The van der Waals surface area contributed by atoms with Gasteiger partial charge in [-0.2, -0.15) is 4.99 Å². The van der Waals surface area contributed by atoms with Crippen molar-refractivity contribution in [2.24, 2.45) is 10.7 Å². The van der Waals surface area contributed by atoms with Gasteiger partial charge in [0, 0.05) is 42.8 Å². The SMILES string of the molecule is N/C(=N\C(=S)Nc1ccc(N2CCC(N3CCCC(O)C3)CC2)cc1)SCC1=C/C=C\C=C/C=C\1. The van der Waals surface area contributed by atoms with Crippen LogP contribution in [0.25, 0.3) is 0 Å². The Morgan fingerprint density at radius 2 is 1.80 bits per heavy atom. The van der Waals surface area contributed by atoms with Gasteiger partial charge < -0.3 is 21.1 Å². The standard InChI is InChI=1S/C27H35N5OS2/c28-26(35-20-21-7-4-2-1-3-5-8-21)30-27(34)29-22-10-12-23(13-11-22)31-17-14-24(15-18-31)32-16-6-9-25(33)19-32/h1-5,7-8,10-13,24-25,33H,6,9,14-20H2,(H3,28,29,30,34)/b2-1-,3-1?,4-2?,5-3-,7-4-,8-5?,21-7?,21-8+. The number of amidine groups is 1. The zero-order valence-corrected chi connectivity index (χ0v) is 21.7. The Morgan fingerprint density at radius 3 is 2.57 bits per heavy atom. The van der Waals surface area contributed by atoms with Gasteiger partial charge in [-0.05, 0) is 74.3 Å². The average Bonchev–Trinajstić information content (AvgIpc) is 2.84. The van der Waals surface area contributed by atoms with E-state index in [0.29, 0.717) is 16.3 Å². The number of aliphatic imine (C=N–C) groups is 1. The number of anilines is 2. The summed E-state index contributed by atoms with van der Waals surface area (Å²) in [5.41, 5.74) is 9.38. The number of aliphatic hydroxyl groups is 1. The number of nitrogens with zero attached hydrogens (tertiary/aromatic N) is 3. The van der Waals surface area contributed by atoms with Crippen LogP contribution in [0.3, 0.4) is 0 Å². The van der Waals surface area contributed by atoms with E-state index in [1.165, 1.54) is 23.0 Å². The summed E-state index contributed by atoms with van der Waals surface area (Å²) in [4.78, 5) is 9.26. The molecular formula is C27H35N5OS2. The fourth-order valence-electron chi connectivity index (χ4n) is 4.70. The molecule has 2 fully saturated rings. The third-order valence-electron chi connectivity index (χ3n) is 6.56. The lowest BCUT2D eigenvalue weighted by atomic mass is 9.98. The van der Waals surface area contributed by atoms with E-state index in [4.69, 9.17) is 18.0 Å². The number of hydrogen-bond donors (Lipinski definition) is 3. The number of hydrogen-bond acceptors (Lipinski definition) is 5. The van der Waals surface area contributed by atoms with Gasteiger partial charge in [-0.25, -0.2) is 0 Å². The number of nitrogens with two attached hydrogens (primary N) is 1. The normalized spacial score (nSPS) is 26.2. The van der Waals surface area contributed by atoms with Crippen LogP contribution in [0, 0.1) is 0 Å². The molecule has 4 N–H and O–H groups in total. The molecule has 1 aromatic carbocycles. The molecule has 1 unspecified atom stereocenters. The quantitative estimate of drug-likeness (QED) is 0.307. The van der Waals surface area contributed by atoms with Crippen molar-refractivity contribution in [3.05, 3.63) is 72.4 Å². The first kappa shape index (κ1) is 25.7. The summed E-state index contributed by atoms with van der Waals surface area (Å²) in [7, 11) is 0. The molecule has 2 heterocycles.